The summed E-state index contributed by atoms with van der Waals surface area (Å²) in [6, 6.07) is 15.0. The highest BCUT2D eigenvalue weighted by atomic mass is 16.5. The van der Waals surface area contributed by atoms with Crippen LogP contribution in [0.5, 0.6) is 0 Å². The number of fused-ring (bicyclic) bond motifs is 1. The Labute approximate surface area is 150 Å². The van der Waals surface area contributed by atoms with Crippen molar-refractivity contribution in [1.29, 1.82) is 0 Å². The summed E-state index contributed by atoms with van der Waals surface area (Å²) >= 11 is 0. The Morgan fingerprint density at radius 1 is 1.08 bits per heavy atom. The molecule has 0 bridgehead atoms. The van der Waals surface area contributed by atoms with Crippen LogP contribution in [0.4, 0.5) is 0 Å². The number of morpholine rings is 1. The van der Waals surface area contributed by atoms with Crippen molar-refractivity contribution < 1.29 is 4.74 Å². The minimum Gasteiger partial charge on any atom is -0.379 e. The number of guanidine groups is 1. The van der Waals surface area contributed by atoms with E-state index < -0.39 is 0 Å². The van der Waals surface area contributed by atoms with E-state index in [4.69, 9.17) is 9.73 Å². The Balaban J connectivity index is 1.54. The molecule has 2 aromatic rings. The fourth-order valence-corrected chi connectivity index (χ4v) is 3.01. The van der Waals surface area contributed by atoms with Crippen molar-refractivity contribution in [1.82, 2.24) is 15.5 Å². The summed E-state index contributed by atoms with van der Waals surface area (Å²) in [5.74, 6) is 0.879. The fourth-order valence-electron chi connectivity index (χ4n) is 3.01. The number of hydrogen-bond acceptors (Lipinski definition) is 3. The van der Waals surface area contributed by atoms with Gasteiger partial charge in [0.2, 0.25) is 0 Å². The van der Waals surface area contributed by atoms with Crippen molar-refractivity contribution in [3.05, 3.63) is 48.0 Å². The van der Waals surface area contributed by atoms with Gasteiger partial charge in [0.05, 0.1) is 19.8 Å². The molecule has 0 aliphatic carbocycles. The van der Waals surface area contributed by atoms with Gasteiger partial charge in [-0.1, -0.05) is 36.4 Å². The molecule has 0 saturated carbocycles. The highest BCUT2D eigenvalue weighted by Crippen LogP contribution is 2.16. The molecule has 2 aromatic carbocycles. The van der Waals surface area contributed by atoms with Crippen LogP contribution in [0.25, 0.3) is 10.8 Å². The van der Waals surface area contributed by atoms with Crippen LogP contribution < -0.4 is 10.6 Å². The van der Waals surface area contributed by atoms with Gasteiger partial charge in [0, 0.05) is 32.7 Å². The average Bonchev–Trinajstić information content (AvgIpc) is 2.67. The molecule has 0 amide bonds. The predicted molar refractivity (Wildman–Crippen MR) is 104 cm³/mol. The van der Waals surface area contributed by atoms with Gasteiger partial charge in [0.1, 0.15) is 0 Å². The zero-order valence-electron chi connectivity index (χ0n) is 15.0. The molecular formula is C20H28N4O. The quantitative estimate of drug-likeness (QED) is 0.625. The molecule has 5 nitrogen and oxygen atoms in total. The van der Waals surface area contributed by atoms with Gasteiger partial charge in [-0.2, -0.15) is 0 Å². The minimum absolute atomic E-state index is 0.678. The topological polar surface area (TPSA) is 48.9 Å². The van der Waals surface area contributed by atoms with Gasteiger partial charge in [-0.05, 0) is 29.3 Å². The number of rotatable bonds is 6. The molecule has 1 aliphatic rings. The lowest BCUT2D eigenvalue weighted by Gasteiger charge is -2.26. The maximum atomic E-state index is 5.39. The molecule has 3 rings (SSSR count). The van der Waals surface area contributed by atoms with Crippen LogP contribution in [0.2, 0.25) is 0 Å². The van der Waals surface area contributed by atoms with E-state index in [0.717, 1.165) is 51.9 Å². The monoisotopic (exact) mass is 340 g/mol. The Morgan fingerprint density at radius 3 is 2.68 bits per heavy atom. The molecule has 0 aromatic heterocycles. The van der Waals surface area contributed by atoms with Gasteiger partial charge < -0.3 is 15.4 Å². The molecule has 25 heavy (non-hydrogen) atoms. The zero-order valence-corrected chi connectivity index (χ0v) is 15.0. The summed E-state index contributed by atoms with van der Waals surface area (Å²) in [5, 5.41) is 9.29. The van der Waals surface area contributed by atoms with Crippen LogP contribution in [0.15, 0.2) is 47.5 Å². The van der Waals surface area contributed by atoms with Crippen molar-refractivity contribution in [2.45, 2.75) is 13.5 Å². The summed E-state index contributed by atoms with van der Waals surface area (Å²) < 4.78 is 5.39. The third-order valence-electron chi connectivity index (χ3n) is 4.40. The molecule has 0 spiro atoms. The van der Waals surface area contributed by atoms with Crippen LogP contribution in [0, 0.1) is 0 Å². The normalized spacial score (nSPS) is 16.1. The van der Waals surface area contributed by atoms with Gasteiger partial charge in [-0.25, -0.2) is 4.99 Å². The summed E-state index contributed by atoms with van der Waals surface area (Å²) in [5.41, 5.74) is 1.23. The molecule has 0 unspecified atom stereocenters. The number of nitrogens with zero attached hydrogens (tertiary/aromatic N) is 2. The first-order chi connectivity index (χ1) is 12.3. The molecule has 134 valence electrons. The van der Waals surface area contributed by atoms with E-state index in [0.29, 0.717) is 6.54 Å². The third-order valence-corrected chi connectivity index (χ3v) is 4.40. The maximum Gasteiger partial charge on any atom is 0.191 e. The van der Waals surface area contributed by atoms with Crippen LogP contribution >= 0.6 is 0 Å². The van der Waals surface area contributed by atoms with Crippen molar-refractivity contribution in [2.75, 3.05) is 45.9 Å². The second kappa shape index (κ2) is 9.39. The SMILES string of the molecule is CCNC(=NCc1ccc2ccccc2c1)NCCN1CCOCC1. The molecule has 1 aliphatic heterocycles. The summed E-state index contributed by atoms with van der Waals surface area (Å²) in [7, 11) is 0. The summed E-state index contributed by atoms with van der Waals surface area (Å²) in [6.45, 7) is 9.27. The van der Waals surface area contributed by atoms with Gasteiger partial charge in [-0.3, -0.25) is 4.90 Å². The van der Waals surface area contributed by atoms with Gasteiger partial charge >= 0.3 is 0 Å². The molecule has 1 fully saturated rings. The number of ether oxygens (including phenoxy) is 1. The number of benzene rings is 2. The smallest absolute Gasteiger partial charge is 0.191 e. The first kappa shape index (κ1) is 17.7. The highest BCUT2D eigenvalue weighted by Gasteiger charge is 2.09. The molecule has 5 heteroatoms. The van der Waals surface area contributed by atoms with E-state index in [1.807, 2.05) is 0 Å². The largest absolute Gasteiger partial charge is 0.379 e. The van der Waals surface area contributed by atoms with E-state index >= 15 is 0 Å². The predicted octanol–water partition coefficient (Wildman–Crippen LogP) is 2.23. The number of aliphatic imine (C=N–C) groups is 1. The van der Waals surface area contributed by atoms with Crippen molar-refractivity contribution in [3.8, 4) is 0 Å². The third kappa shape index (κ3) is 5.44. The average molecular weight is 340 g/mol. The Bertz CT molecular complexity index is 695. The van der Waals surface area contributed by atoms with Gasteiger partial charge in [-0.15, -0.1) is 0 Å². The summed E-state index contributed by atoms with van der Waals surface area (Å²) in [4.78, 5) is 7.14. The first-order valence-electron chi connectivity index (χ1n) is 9.15. The minimum atomic E-state index is 0.678. The van der Waals surface area contributed by atoms with Crippen molar-refractivity contribution in [3.63, 3.8) is 0 Å². The van der Waals surface area contributed by atoms with Gasteiger partial charge in [0.25, 0.3) is 0 Å². The van der Waals surface area contributed by atoms with E-state index in [-0.39, 0.29) is 0 Å². The molecule has 1 heterocycles. The van der Waals surface area contributed by atoms with E-state index in [1.54, 1.807) is 0 Å². The Hall–Kier alpha value is -2.11. The lowest BCUT2D eigenvalue weighted by atomic mass is 10.1. The molecule has 1 saturated heterocycles. The Kier molecular flexibility index (Phi) is 6.65. The molecule has 2 N–H and O–H groups in total. The fraction of sp³-hybridized carbons (Fsp3) is 0.450. The Morgan fingerprint density at radius 2 is 1.88 bits per heavy atom. The lowest BCUT2D eigenvalue weighted by molar-refractivity contribution is 0.0389. The van der Waals surface area contributed by atoms with Crippen molar-refractivity contribution in [2.24, 2.45) is 4.99 Å². The summed E-state index contributed by atoms with van der Waals surface area (Å²) in [6.07, 6.45) is 0. The molecule has 0 radical (unpaired) electrons. The van der Waals surface area contributed by atoms with Crippen LogP contribution in [0.1, 0.15) is 12.5 Å². The standard InChI is InChI=1S/C20H28N4O/c1-2-21-20(22-9-10-24-11-13-25-14-12-24)23-16-17-7-8-18-5-3-4-6-19(18)15-17/h3-8,15H,2,9-14,16H2,1H3,(H2,21,22,23). The van der Waals surface area contributed by atoms with Crippen LogP contribution in [-0.4, -0.2) is 56.8 Å². The van der Waals surface area contributed by atoms with Crippen LogP contribution in [-0.2, 0) is 11.3 Å². The zero-order chi connectivity index (χ0) is 17.3. The van der Waals surface area contributed by atoms with Crippen molar-refractivity contribution >= 4 is 16.7 Å². The van der Waals surface area contributed by atoms with E-state index in [1.165, 1.54) is 16.3 Å². The molecule has 0 atom stereocenters. The van der Waals surface area contributed by atoms with Gasteiger partial charge in [0.15, 0.2) is 5.96 Å². The first-order valence-corrected chi connectivity index (χ1v) is 9.15. The maximum absolute atomic E-state index is 5.39. The van der Waals surface area contributed by atoms with E-state index in [2.05, 4.69) is 64.9 Å². The van der Waals surface area contributed by atoms with E-state index in [9.17, 15) is 0 Å². The lowest BCUT2D eigenvalue weighted by Crippen LogP contribution is -2.44. The second-order valence-corrected chi connectivity index (χ2v) is 6.26. The molecular weight excluding hydrogens is 312 g/mol. The number of hydrogen-bond donors (Lipinski definition) is 2. The number of nitrogens with one attached hydrogen (secondary N) is 2. The second-order valence-electron chi connectivity index (χ2n) is 6.26. The highest BCUT2D eigenvalue weighted by molar-refractivity contribution is 5.83. The van der Waals surface area contributed by atoms with Crippen LogP contribution in [0.3, 0.4) is 0 Å².